The van der Waals surface area contributed by atoms with E-state index in [0.29, 0.717) is 12.8 Å². The number of hydrogen-bond donors (Lipinski definition) is 2. The van der Waals surface area contributed by atoms with E-state index in [0.717, 1.165) is 49.2 Å². The summed E-state index contributed by atoms with van der Waals surface area (Å²) in [7, 11) is -0.853. The number of aliphatic hydroxyl groups excluding tert-OH is 1. The molecule has 2 N–H and O–H groups in total. The molecule has 30 heavy (non-hydrogen) atoms. The number of ether oxygens (including phenoxy) is 2. The topological polar surface area (TPSA) is 79.2 Å². The third-order valence-corrected chi connectivity index (χ3v) is 9.12. The molecule has 0 radical (unpaired) electrons. The van der Waals surface area contributed by atoms with Crippen molar-refractivity contribution in [1.29, 1.82) is 0 Å². The van der Waals surface area contributed by atoms with Crippen molar-refractivity contribution in [3.63, 3.8) is 0 Å². The number of anilines is 1. The Kier molecular flexibility index (Phi) is 7.60. The molecule has 7 heteroatoms. The van der Waals surface area contributed by atoms with E-state index in [2.05, 4.69) is 6.92 Å². The van der Waals surface area contributed by atoms with Crippen molar-refractivity contribution in [2.45, 2.75) is 76.3 Å². The van der Waals surface area contributed by atoms with Crippen molar-refractivity contribution < 1.29 is 24.2 Å². The highest BCUT2D eigenvalue weighted by Gasteiger charge is 2.46. The Morgan fingerprint density at radius 3 is 2.67 bits per heavy atom. The number of carbonyl (C=O) groups is 1. The fourth-order valence-corrected chi connectivity index (χ4v) is 7.04. The van der Waals surface area contributed by atoms with E-state index in [1.54, 1.807) is 7.11 Å². The molecular formula is C23H37NO5Si. The minimum atomic E-state index is -2.55. The Morgan fingerprint density at radius 1 is 1.27 bits per heavy atom. The fourth-order valence-electron chi connectivity index (χ4n) is 5.02. The van der Waals surface area contributed by atoms with Gasteiger partial charge in [0.1, 0.15) is 11.9 Å². The number of fused-ring (bicyclic) bond motifs is 1. The van der Waals surface area contributed by atoms with E-state index in [4.69, 9.17) is 9.47 Å². The second-order valence-electron chi connectivity index (χ2n) is 9.30. The number of amides is 1. The predicted molar refractivity (Wildman–Crippen MR) is 120 cm³/mol. The number of benzene rings is 1. The Bertz CT molecular complexity index is 735. The van der Waals surface area contributed by atoms with Gasteiger partial charge >= 0.3 is 0 Å². The van der Waals surface area contributed by atoms with Crippen LogP contribution in [0.1, 0.15) is 57.1 Å². The van der Waals surface area contributed by atoms with E-state index >= 15 is 0 Å². The number of carbonyl (C=O) groups excluding carboxylic acids is 1. The van der Waals surface area contributed by atoms with Crippen molar-refractivity contribution in [2.24, 2.45) is 5.92 Å². The van der Waals surface area contributed by atoms with Crippen LogP contribution >= 0.6 is 0 Å². The number of hydrogen-bond acceptors (Lipinski definition) is 5. The Hall–Kier alpha value is -1.41. The quantitative estimate of drug-likeness (QED) is 0.660. The lowest BCUT2D eigenvalue weighted by molar-refractivity contribution is -0.118. The van der Waals surface area contributed by atoms with E-state index in [-0.39, 0.29) is 36.2 Å². The van der Waals surface area contributed by atoms with E-state index in [9.17, 15) is 14.7 Å². The van der Waals surface area contributed by atoms with Crippen molar-refractivity contribution >= 4 is 19.9 Å². The highest BCUT2D eigenvalue weighted by molar-refractivity contribution is 6.71. The first-order chi connectivity index (χ1) is 14.3. The summed E-state index contributed by atoms with van der Waals surface area (Å²) in [5, 5.41) is 9.57. The molecule has 1 aromatic rings. The summed E-state index contributed by atoms with van der Waals surface area (Å²) in [6.07, 6.45) is 4.94. The van der Waals surface area contributed by atoms with Gasteiger partial charge in [-0.15, -0.1) is 0 Å². The Morgan fingerprint density at radius 2 is 2.00 bits per heavy atom. The molecule has 2 heterocycles. The second kappa shape index (κ2) is 9.81. The lowest BCUT2D eigenvalue weighted by Gasteiger charge is -2.44. The molecule has 3 rings (SSSR count). The summed E-state index contributed by atoms with van der Waals surface area (Å²) in [6.45, 7) is 6.65. The molecule has 2 aliphatic rings. The van der Waals surface area contributed by atoms with Crippen LogP contribution < -0.4 is 9.64 Å². The zero-order chi connectivity index (χ0) is 21.9. The van der Waals surface area contributed by atoms with Gasteiger partial charge in [0.25, 0.3) is 0 Å². The van der Waals surface area contributed by atoms with Crippen LogP contribution in [-0.2, 0) is 9.53 Å². The summed E-state index contributed by atoms with van der Waals surface area (Å²) < 4.78 is 12.3. The van der Waals surface area contributed by atoms with Crippen molar-refractivity contribution in [2.75, 3.05) is 25.2 Å². The van der Waals surface area contributed by atoms with Crippen LogP contribution in [-0.4, -0.2) is 50.5 Å². The summed E-state index contributed by atoms with van der Waals surface area (Å²) in [5.74, 6) is 0.938. The SMILES string of the molecule is CO[C@H]1c2cc(N3CCCCCCC3=O)ccc2O[C@@H](C(CCO)[Si](C)(C)O)[C@@H]1C. The zero-order valence-corrected chi connectivity index (χ0v) is 19.8. The van der Waals surface area contributed by atoms with Gasteiger partial charge in [-0.3, -0.25) is 4.79 Å². The number of nitrogens with zero attached hydrogens (tertiary/aromatic N) is 1. The van der Waals surface area contributed by atoms with Gasteiger partial charge in [-0.05, 0) is 50.6 Å². The standard InChI is InChI=1S/C23H37NO5Si/c1-16-22(28-2)18-15-17(24-13-8-6-5-7-9-21(24)26)10-11-19(18)29-23(16)20(12-14-25)30(3,4)27/h10-11,15-16,20,22-23,25,27H,5-9,12-14H2,1-4H3/t16-,20?,22-,23-/m1/s1. The third-order valence-electron chi connectivity index (χ3n) is 6.69. The van der Waals surface area contributed by atoms with Crippen LogP contribution in [0.25, 0.3) is 0 Å². The maximum absolute atomic E-state index is 12.7. The van der Waals surface area contributed by atoms with Crippen LogP contribution in [0.3, 0.4) is 0 Å². The van der Waals surface area contributed by atoms with Gasteiger partial charge < -0.3 is 24.3 Å². The molecule has 0 bridgehead atoms. The molecule has 6 nitrogen and oxygen atoms in total. The maximum Gasteiger partial charge on any atom is 0.226 e. The molecule has 1 unspecified atom stereocenters. The first-order valence-electron chi connectivity index (χ1n) is 11.2. The van der Waals surface area contributed by atoms with Gasteiger partial charge in [0.15, 0.2) is 8.32 Å². The molecule has 2 aliphatic heterocycles. The average Bonchev–Trinajstić information content (AvgIpc) is 2.68. The third kappa shape index (κ3) is 4.90. The average molecular weight is 436 g/mol. The van der Waals surface area contributed by atoms with Gasteiger partial charge in [-0.25, -0.2) is 0 Å². The second-order valence-corrected chi connectivity index (χ2v) is 13.4. The van der Waals surface area contributed by atoms with Gasteiger partial charge in [-0.1, -0.05) is 19.8 Å². The van der Waals surface area contributed by atoms with E-state index in [1.807, 2.05) is 36.2 Å². The molecule has 1 saturated heterocycles. The van der Waals surface area contributed by atoms with Crippen LogP contribution in [0.15, 0.2) is 18.2 Å². The molecule has 1 aromatic carbocycles. The lowest BCUT2D eigenvalue weighted by atomic mass is 9.86. The number of aliphatic hydroxyl groups is 1. The van der Waals surface area contributed by atoms with Crippen LogP contribution in [0.2, 0.25) is 18.6 Å². The smallest absolute Gasteiger partial charge is 0.226 e. The summed E-state index contributed by atoms with van der Waals surface area (Å²) in [4.78, 5) is 25.4. The molecular weight excluding hydrogens is 398 g/mol. The molecule has 168 valence electrons. The van der Waals surface area contributed by atoms with Gasteiger partial charge in [0.05, 0.1) is 6.10 Å². The first-order valence-corrected chi connectivity index (χ1v) is 14.3. The van der Waals surface area contributed by atoms with Gasteiger partial charge in [0.2, 0.25) is 5.91 Å². The van der Waals surface area contributed by atoms with Crippen molar-refractivity contribution in [1.82, 2.24) is 0 Å². The number of methoxy groups -OCH3 is 1. The van der Waals surface area contributed by atoms with Crippen LogP contribution in [0, 0.1) is 5.92 Å². The lowest BCUT2D eigenvalue weighted by Crippen LogP contribution is -2.48. The largest absolute Gasteiger partial charge is 0.490 e. The predicted octanol–water partition coefficient (Wildman–Crippen LogP) is 4.02. The highest BCUT2D eigenvalue weighted by atomic mass is 28.4. The Labute approximate surface area is 181 Å². The molecule has 0 spiro atoms. The minimum absolute atomic E-state index is 0.0104. The molecule has 0 saturated carbocycles. The monoisotopic (exact) mass is 435 g/mol. The van der Waals surface area contributed by atoms with Crippen LogP contribution in [0.5, 0.6) is 5.75 Å². The first kappa shape index (κ1) is 23.3. The van der Waals surface area contributed by atoms with Gasteiger partial charge in [0, 0.05) is 49.4 Å². The number of rotatable bonds is 6. The van der Waals surface area contributed by atoms with E-state index in [1.165, 1.54) is 0 Å². The van der Waals surface area contributed by atoms with Crippen molar-refractivity contribution in [3.8, 4) is 5.75 Å². The minimum Gasteiger partial charge on any atom is -0.490 e. The highest BCUT2D eigenvalue weighted by Crippen LogP contribution is 2.47. The maximum atomic E-state index is 12.7. The summed E-state index contributed by atoms with van der Waals surface area (Å²) in [5.41, 5.74) is 1.76. The molecule has 1 fully saturated rings. The van der Waals surface area contributed by atoms with Crippen LogP contribution in [0.4, 0.5) is 5.69 Å². The molecule has 0 aromatic heterocycles. The zero-order valence-electron chi connectivity index (χ0n) is 18.8. The summed E-state index contributed by atoms with van der Waals surface area (Å²) in [6, 6.07) is 5.93. The summed E-state index contributed by atoms with van der Waals surface area (Å²) >= 11 is 0. The Balaban J connectivity index is 1.93. The van der Waals surface area contributed by atoms with Crippen molar-refractivity contribution in [3.05, 3.63) is 23.8 Å². The van der Waals surface area contributed by atoms with Gasteiger partial charge in [-0.2, -0.15) is 0 Å². The molecule has 4 atom stereocenters. The van der Waals surface area contributed by atoms with E-state index < -0.39 is 8.32 Å². The molecule has 0 aliphatic carbocycles. The molecule has 1 amide bonds. The normalized spacial score (nSPS) is 26.4. The fraction of sp³-hybridized carbons (Fsp3) is 0.696.